The van der Waals surface area contributed by atoms with E-state index in [0.29, 0.717) is 5.92 Å². The van der Waals surface area contributed by atoms with Gasteiger partial charge in [-0.15, -0.1) is 11.3 Å². The molecule has 1 aromatic heterocycles. The molecule has 1 aromatic carbocycles. The van der Waals surface area contributed by atoms with Crippen LogP contribution in [0.5, 0.6) is 5.75 Å². The molecule has 1 amide bonds. The number of carbonyl (C=O) groups excluding carboxylic acids is 1. The lowest BCUT2D eigenvalue weighted by molar-refractivity contribution is -0.0377. The van der Waals surface area contributed by atoms with E-state index in [4.69, 9.17) is 4.74 Å². The third-order valence-corrected chi connectivity index (χ3v) is 7.44. The van der Waals surface area contributed by atoms with Crippen molar-refractivity contribution in [1.29, 1.82) is 0 Å². The molecule has 3 aliphatic rings. The van der Waals surface area contributed by atoms with Gasteiger partial charge in [-0.25, -0.2) is 0 Å². The summed E-state index contributed by atoms with van der Waals surface area (Å²) in [5.41, 5.74) is 1.14. The minimum absolute atomic E-state index is 0.0238. The lowest BCUT2D eigenvalue weighted by atomic mass is 9.72. The number of nitrogens with zero attached hydrogens (tertiary/aromatic N) is 1. The molecule has 5 heteroatoms. The van der Waals surface area contributed by atoms with E-state index in [1.807, 2.05) is 19.9 Å². The number of ether oxygens (including phenoxy) is 1. The Balaban J connectivity index is 1.62. The molecule has 0 saturated carbocycles. The molecule has 3 saturated heterocycles. The van der Waals surface area contributed by atoms with Crippen LogP contribution in [0.4, 0.5) is 0 Å². The Bertz CT molecular complexity index is 863. The molecule has 3 aliphatic heterocycles. The average Bonchev–Trinajstić information content (AvgIpc) is 3.05. The fourth-order valence-electron chi connectivity index (χ4n) is 4.76. The number of thiophene rings is 1. The number of aryl methyl sites for hydroxylation is 1. The van der Waals surface area contributed by atoms with E-state index >= 15 is 0 Å². The highest BCUT2D eigenvalue weighted by Crippen LogP contribution is 2.40. The van der Waals surface area contributed by atoms with Crippen molar-refractivity contribution >= 4 is 27.3 Å². The van der Waals surface area contributed by atoms with Gasteiger partial charge >= 0.3 is 0 Å². The van der Waals surface area contributed by atoms with Gasteiger partial charge in [-0.05, 0) is 83.5 Å². The second-order valence-corrected chi connectivity index (χ2v) is 9.89. The molecular weight excluding hydrogens is 356 g/mol. The SMILES string of the molecule is Cc1ccc2cc(C(=O)N[C@@H]3C4CCN(CC4)C3(C)C)sc2c1OC(C)C. The van der Waals surface area contributed by atoms with Gasteiger partial charge in [-0.2, -0.15) is 0 Å². The van der Waals surface area contributed by atoms with E-state index < -0.39 is 0 Å². The Morgan fingerprint density at radius 1 is 1.30 bits per heavy atom. The zero-order chi connectivity index (χ0) is 19.3. The average molecular weight is 387 g/mol. The van der Waals surface area contributed by atoms with E-state index in [1.165, 1.54) is 12.8 Å². The minimum Gasteiger partial charge on any atom is -0.489 e. The predicted octanol–water partition coefficient (Wildman–Crippen LogP) is 4.60. The van der Waals surface area contributed by atoms with Gasteiger partial charge in [0.2, 0.25) is 0 Å². The summed E-state index contributed by atoms with van der Waals surface area (Å²) in [7, 11) is 0. The van der Waals surface area contributed by atoms with Crippen LogP contribution < -0.4 is 10.1 Å². The van der Waals surface area contributed by atoms with Crippen LogP contribution in [0.1, 0.15) is 55.8 Å². The number of carbonyl (C=O) groups is 1. The summed E-state index contributed by atoms with van der Waals surface area (Å²) in [6, 6.07) is 6.38. The molecule has 5 rings (SSSR count). The van der Waals surface area contributed by atoms with Crippen molar-refractivity contribution in [2.45, 2.75) is 65.1 Å². The van der Waals surface area contributed by atoms with Gasteiger partial charge in [0.25, 0.3) is 5.91 Å². The van der Waals surface area contributed by atoms with Gasteiger partial charge < -0.3 is 10.1 Å². The van der Waals surface area contributed by atoms with Crippen LogP contribution in [0, 0.1) is 12.8 Å². The highest BCUT2D eigenvalue weighted by Gasteiger charge is 2.48. The van der Waals surface area contributed by atoms with Crippen LogP contribution in [0.25, 0.3) is 10.1 Å². The Labute approximate surface area is 165 Å². The quantitative estimate of drug-likeness (QED) is 0.835. The molecule has 4 heterocycles. The lowest BCUT2D eigenvalue weighted by Crippen LogP contribution is -2.69. The first kappa shape index (κ1) is 18.8. The molecule has 3 fully saturated rings. The van der Waals surface area contributed by atoms with Crippen molar-refractivity contribution in [3.63, 3.8) is 0 Å². The van der Waals surface area contributed by atoms with E-state index in [0.717, 1.165) is 39.4 Å². The number of hydrogen-bond acceptors (Lipinski definition) is 4. The van der Waals surface area contributed by atoms with Crippen LogP contribution in [0.15, 0.2) is 18.2 Å². The Morgan fingerprint density at radius 2 is 2.00 bits per heavy atom. The number of nitrogens with one attached hydrogen (secondary N) is 1. The smallest absolute Gasteiger partial charge is 0.261 e. The molecule has 146 valence electrons. The van der Waals surface area contributed by atoms with E-state index in [2.05, 4.69) is 43.1 Å². The number of piperidine rings is 3. The number of fused-ring (bicyclic) bond motifs is 4. The summed E-state index contributed by atoms with van der Waals surface area (Å²) >= 11 is 1.55. The zero-order valence-corrected chi connectivity index (χ0v) is 17.8. The summed E-state index contributed by atoms with van der Waals surface area (Å²) in [4.78, 5) is 16.4. The maximum absolute atomic E-state index is 13.1. The molecule has 27 heavy (non-hydrogen) atoms. The third-order valence-electron chi connectivity index (χ3n) is 6.29. The van der Waals surface area contributed by atoms with E-state index in [-0.39, 0.29) is 23.6 Å². The molecular formula is C22H30N2O2S. The summed E-state index contributed by atoms with van der Waals surface area (Å²) < 4.78 is 7.12. The molecule has 4 nitrogen and oxygen atoms in total. The van der Waals surface area contributed by atoms with E-state index in [9.17, 15) is 4.79 Å². The highest BCUT2D eigenvalue weighted by atomic mass is 32.1. The van der Waals surface area contributed by atoms with Gasteiger partial charge in [-0.3, -0.25) is 9.69 Å². The van der Waals surface area contributed by atoms with Crippen molar-refractivity contribution in [3.05, 3.63) is 28.6 Å². The lowest BCUT2D eigenvalue weighted by Gasteiger charge is -2.56. The molecule has 1 N–H and O–H groups in total. The second-order valence-electron chi connectivity index (χ2n) is 8.84. The van der Waals surface area contributed by atoms with Crippen molar-refractivity contribution < 1.29 is 9.53 Å². The Morgan fingerprint density at radius 3 is 2.63 bits per heavy atom. The monoisotopic (exact) mass is 386 g/mol. The van der Waals surface area contributed by atoms with Crippen molar-refractivity contribution in [1.82, 2.24) is 10.2 Å². The fourth-order valence-corrected chi connectivity index (χ4v) is 5.86. The fraction of sp³-hybridized carbons (Fsp3) is 0.591. The summed E-state index contributed by atoms with van der Waals surface area (Å²) in [5, 5.41) is 4.46. The number of benzene rings is 1. The van der Waals surface area contributed by atoms with Gasteiger partial charge in [0.15, 0.2) is 0 Å². The highest BCUT2D eigenvalue weighted by molar-refractivity contribution is 7.21. The van der Waals surface area contributed by atoms with Crippen molar-refractivity contribution in [3.8, 4) is 5.75 Å². The summed E-state index contributed by atoms with van der Waals surface area (Å²) in [6.07, 6.45) is 2.49. The maximum Gasteiger partial charge on any atom is 0.261 e. The van der Waals surface area contributed by atoms with Crippen LogP contribution in [0.2, 0.25) is 0 Å². The summed E-state index contributed by atoms with van der Waals surface area (Å²) in [6.45, 7) is 13.0. The van der Waals surface area contributed by atoms with Gasteiger partial charge in [0.1, 0.15) is 5.75 Å². The normalized spacial score (nSPS) is 26.5. The number of amides is 1. The zero-order valence-electron chi connectivity index (χ0n) is 17.0. The van der Waals surface area contributed by atoms with Crippen LogP contribution >= 0.6 is 11.3 Å². The number of hydrogen-bond donors (Lipinski definition) is 1. The Hall–Kier alpha value is -1.59. The summed E-state index contributed by atoms with van der Waals surface area (Å²) in [5.74, 6) is 1.55. The standard InChI is InChI=1S/C22H30N2O2S/c1-13(2)26-18-14(3)6-7-16-12-17(27-19(16)18)21(25)23-20-15-8-10-24(11-9-15)22(20,4)5/h6-7,12-13,15,20H,8-11H2,1-5H3,(H,23,25)/t20-/m1/s1. The molecule has 2 aromatic rings. The van der Waals surface area contributed by atoms with Crippen LogP contribution in [-0.2, 0) is 0 Å². The molecule has 2 bridgehead atoms. The van der Waals surface area contributed by atoms with E-state index in [1.54, 1.807) is 11.3 Å². The largest absolute Gasteiger partial charge is 0.489 e. The first-order valence-electron chi connectivity index (χ1n) is 10.0. The first-order chi connectivity index (χ1) is 12.8. The molecule has 1 atom stereocenters. The molecule has 0 aliphatic carbocycles. The van der Waals surface area contributed by atoms with Crippen molar-refractivity contribution in [2.75, 3.05) is 13.1 Å². The maximum atomic E-state index is 13.1. The Kier molecular flexibility index (Phi) is 4.71. The number of rotatable bonds is 4. The molecule has 0 unspecified atom stereocenters. The second kappa shape index (κ2) is 6.78. The predicted molar refractivity (Wildman–Crippen MR) is 112 cm³/mol. The van der Waals surface area contributed by atoms with Gasteiger partial charge in [-0.1, -0.05) is 12.1 Å². The first-order valence-corrected chi connectivity index (χ1v) is 10.8. The van der Waals surface area contributed by atoms with Crippen molar-refractivity contribution in [2.24, 2.45) is 5.92 Å². The molecule has 0 spiro atoms. The van der Waals surface area contributed by atoms with Gasteiger partial charge in [0, 0.05) is 11.6 Å². The third kappa shape index (κ3) is 3.25. The van der Waals surface area contributed by atoms with Crippen LogP contribution in [-0.4, -0.2) is 41.6 Å². The minimum atomic E-state index is 0.0238. The topological polar surface area (TPSA) is 41.6 Å². The molecule has 0 radical (unpaired) electrons. The van der Waals surface area contributed by atoms with Crippen LogP contribution in [0.3, 0.4) is 0 Å². The van der Waals surface area contributed by atoms with Gasteiger partial charge in [0.05, 0.1) is 15.7 Å².